The van der Waals surface area contributed by atoms with Crippen LogP contribution < -0.4 is 5.32 Å². The molecule has 0 aromatic carbocycles. The van der Waals surface area contributed by atoms with Crippen LogP contribution in [-0.2, 0) is 33.2 Å². The largest absolute Gasteiger partial charge is 0.394 e. The Morgan fingerprint density at radius 1 is 0.438 bits per heavy atom. The molecule has 0 aromatic heterocycles. The van der Waals surface area contributed by atoms with Gasteiger partial charge in [-0.25, -0.2) is 0 Å². The molecule has 0 aromatic rings. The number of allylic oxidation sites excluding steroid dienone is 5. The van der Waals surface area contributed by atoms with E-state index < -0.39 is 124 Å². The lowest BCUT2D eigenvalue weighted by atomic mass is 9.96. The van der Waals surface area contributed by atoms with Gasteiger partial charge in [-0.15, -0.1) is 0 Å². The molecule has 0 saturated carbocycles. The Morgan fingerprint density at radius 3 is 1.25 bits per heavy atom. The van der Waals surface area contributed by atoms with Crippen molar-refractivity contribution in [2.24, 2.45) is 0 Å². The van der Waals surface area contributed by atoms with Gasteiger partial charge in [-0.1, -0.05) is 198 Å². The van der Waals surface area contributed by atoms with Gasteiger partial charge in [0.1, 0.15) is 73.2 Å². The van der Waals surface area contributed by atoms with Crippen molar-refractivity contribution in [2.45, 2.75) is 317 Å². The molecule has 3 fully saturated rings. The van der Waals surface area contributed by atoms with Crippen LogP contribution in [0.5, 0.6) is 0 Å². The quantitative estimate of drug-likeness (QED) is 0.0242. The number of nitrogens with one attached hydrogen (secondary N) is 1. The molecule has 17 unspecified atom stereocenters. The molecule has 0 radical (unpaired) electrons. The summed E-state index contributed by atoms with van der Waals surface area (Å²) in [5, 5.41) is 120. The molecule has 1 amide bonds. The van der Waals surface area contributed by atoms with Gasteiger partial charge in [0.2, 0.25) is 5.91 Å². The van der Waals surface area contributed by atoms with Crippen LogP contribution in [0.25, 0.3) is 0 Å². The fourth-order valence-corrected chi connectivity index (χ4v) is 10.5. The molecule has 19 nitrogen and oxygen atoms in total. The van der Waals surface area contributed by atoms with Gasteiger partial charge in [-0.05, 0) is 44.9 Å². The van der Waals surface area contributed by atoms with Gasteiger partial charge in [0, 0.05) is 6.42 Å². The lowest BCUT2D eigenvalue weighted by molar-refractivity contribution is -0.379. The Balaban J connectivity index is 1.37. The Hall–Kier alpha value is -1.99. The van der Waals surface area contributed by atoms with Crippen molar-refractivity contribution in [1.82, 2.24) is 5.32 Å². The van der Waals surface area contributed by atoms with Crippen LogP contribution in [0.1, 0.15) is 213 Å². The molecule has 12 N–H and O–H groups in total. The third kappa shape index (κ3) is 27.8. The lowest BCUT2D eigenvalue weighted by Crippen LogP contribution is -2.66. The summed E-state index contributed by atoms with van der Waals surface area (Å²) >= 11 is 0. The maximum absolute atomic E-state index is 13.1. The van der Waals surface area contributed by atoms with E-state index in [1.807, 2.05) is 6.08 Å². The van der Waals surface area contributed by atoms with Crippen molar-refractivity contribution < 1.29 is 89.4 Å². The number of carbonyl (C=O) groups is 1. The highest BCUT2D eigenvalue weighted by molar-refractivity contribution is 5.76. The van der Waals surface area contributed by atoms with Crippen LogP contribution in [-0.4, -0.2) is 193 Å². The smallest absolute Gasteiger partial charge is 0.220 e. The minimum Gasteiger partial charge on any atom is -0.394 e. The Morgan fingerprint density at radius 2 is 0.800 bits per heavy atom. The molecule has 3 aliphatic rings. The molecule has 0 spiro atoms. The normalized spacial score (nSPS) is 30.2. The van der Waals surface area contributed by atoms with E-state index in [-0.39, 0.29) is 18.9 Å². The van der Waals surface area contributed by atoms with Crippen molar-refractivity contribution in [3.8, 4) is 0 Å². The van der Waals surface area contributed by atoms with Gasteiger partial charge in [-0.2, -0.15) is 0 Å². The molecular formula is C61H111NO18. The van der Waals surface area contributed by atoms with Gasteiger partial charge in [0.15, 0.2) is 18.9 Å². The molecular weight excluding hydrogens is 1030 g/mol. The van der Waals surface area contributed by atoms with E-state index in [9.17, 15) is 61.0 Å². The highest BCUT2D eigenvalue weighted by atomic mass is 16.8. The van der Waals surface area contributed by atoms with E-state index >= 15 is 0 Å². The minimum absolute atomic E-state index is 0.227. The van der Waals surface area contributed by atoms with Crippen LogP contribution >= 0.6 is 0 Å². The van der Waals surface area contributed by atoms with Crippen molar-refractivity contribution >= 4 is 5.91 Å². The van der Waals surface area contributed by atoms with E-state index in [4.69, 9.17) is 28.4 Å². The molecule has 3 aliphatic heterocycles. The number of ether oxygens (including phenoxy) is 6. The zero-order chi connectivity index (χ0) is 58.3. The summed E-state index contributed by atoms with van der Waals surface area (Å²) in [4.78, 5) is 13.1. The summed E-state index contributed by atoms with van der Waals surface area (Å²) in [6, 6.07) is -0.990. The molecule has 17 atom stereocenters. The van der Waals surface area contributed by atoms with Crippen molar-refractivity contribution in [3.05, 3.63) is 36.5 Å². The van der Waals surface area contributed by atoms with E-state index in [0.29, 0.717) is 12.8 Å². The number of amides is 1. The molecule has 0 aliphatic carbocycles. The van der Waals surface area contributed by atoms with Crippen molar-refractivity contribution in [1.29, 1.82) is 0 Å². The fourth-order valence-electron chi connectivity index (χ4n) is 10.5. The standard InChI is InChI=1S/C61H111NO18/c1-3-5-7-9-10-11-12-13-14-15-16-17-18-19-20-21-22-23-24-25-26-27-28-29-30-31-32-33-35-36-38-45(66)44(62-49(67)39-37-34-8-6-4-2)43-75-59-55(73)52(70)57(47(41-64)77-59)80-61-56(74)53(71)58(48(42-65)78-61)79-60-54(72)51(69)50(68)46(40-63)76-60/h27-28,31-32,36,38,44-48,50-61,63-66,68-74H,3-26,29-30,33-35,37,39-43H2,1-2H3,(H,62,67)/b28-27+,32-31+,38-36+. The van der Waals surface area contributed by atoms with E-state index in [0.717, 1.165) is 51.4 Å². The zero-order valence-corrected chi connectivity index (χ0v) is 48.8. The predicted octanol–water partition coefficient (Wildman–Crippen LogP) is 6.10. The molecule has 0 bridgehead atoms. The summed E-state index contributed by atoms with van der Waals surface area (Å²) < 4.78 is 34.1. The molecule has 3 saturated heterocycles. The molecule has 3 heterocycles. The molecule has 3 rings (SSSR count). The number of aliphatic hydroxyl groups is 11. The highest BCUT2D eigenvalue weighted by Gasteiger charge is 2.53. The van der Waals surface area contributed by atoms with Crippen LogP contribution in [0, 0.1) is 0 Å². The Kier molecular flexibility index (Phi) is 40.2. The summed E-state index contributed by atoms with van der Waals surface area (Å²) in [5.74, 6) is -0.303. The first-order chi connectivity index (χ1) is 38.8. The van der Waals surface area contributed by atoms with Crippen LogP contribution in [0.2, 0.25) is 0 Å². The third-order valence-electron chi connectivity index (χ3n) is 15.7. The van der Waals surface area contributed by atoms with E-state index in [1.54, 1.807) is 6.08 Å². The predicted molar refractivity (Wildman–Crippen MR) is 305 cm³/mol. The average molecular weight is 1150 g/mol. The first-order valence-electron chi connectivity index (χ1n) is 31.2. The van der Waals surface area contributed by atoms with Crippen LogP contribution in [0.3, 0.4) is 0 Å². The summed E-state index contributed by atoms with van der Waals surface area (Å²) in [6.07, 6.45) is 22.4. The Bertz CT molecular complexity index is 1600. The second kappa shape index (κ2) is 44.5. The molecule has 80 heavy (non-hydrogen) atoms. The molecule has 468 valence electrons. The Labute approximate surface area is 479 Å². The second-order valence-corrected chi connectivity index (χ2v) is 22.5. The minimum atomic E-state index is -1.98. The van der Waals surface area contributed by atoms with E-state index in [1.165, 1.54) is 128 Å². The van der Waals surface area contributed by atoms with Crippen molar-refractivity contribution in [3.63, 3.8) is 0 Å². The average Bonchev–Trinajstić information content (AvgIpc) is 3.45. The van der Waals surface area contributed by atoms with Crippen molar-refractivity contribution in [2.75, 3.05) is 26.4 Å². The summed E-state index contributed by atoms with van der Waals surface area (Å²) in [6.45, 7) is 1.58. The fraction of sp³-hybridized carbons (Fsp3) is 0.885. The highest BCUT2D eigenvalue weighted by Crippen LogP contribution is 2.33. The SMILES string of the molecule is CCCCCCCCCCCCCCCCCCCCCC/C=C/CC/C=C/CC/C=C/C(O)C(COC1OC(CO)C(OC2OC(CO)C(OC3OC(CO)C(O)C(O)C3O)C(O)C2O)C(O)C1O)NC(=O)CCCCCCC. The maximum atomic E-state index is 13.1. The van der Waals surface area contributed by atoms with Crippen LogP contribution in [0.15, 0.2) is 36.5 Å². The van der Waals surface area contributed by atoms with Crippen LogP contribution in [0.4, 0.5) is 0 Å². The van der Waals surface area contributed by atoms with Gasteiger partial charge in [0.25, 0.3) is 0 Å². The maximum Gasteiger partial charge on any atom is 0.220 e. The van der Waals surface area contributed by atoms with Gasteiger partial charge >= 0.3 is 0 Å². The topological polar surface area (TPSA) is 307 Å². The lowest BCUT2D eigenvalue weighted by Gasteiger charge is -2.48. The van der Waals surface area contributed by atoms with E-state index in [2.05, 4.69) is 43.5 Å². The van der Waals surface area contributed by atoms with Gasteiger partial charge < -0.3 is 89.9 Å². The van der Waals surface area contributed by atoms with Gasteiger partial charge in [-0.3, -0.25) is 4.79 Å². The number of aliphatic hydroxyl groups excluding tert-OH is 11. The number of hydrogen-bond donors (Lipinski definition) is 12. The number of carbonyl (C=O) groups excluding carboxylic acids is 1. The zero-order valence-electron chi connectivity index (χ0n) is 48.8. The third-order valence-corrected chi connectivity index (χ3v) is 15.7. The first kappa shape index (κ1) is 72.3. The number of rotatable bonds is 46. The first-order valence-corrected chi connectivity index (χ1v) is 31.2. The summed E-state index contributed by atoms with van der Waals surface area (Å²) in [5.41, 5.74) is 0. The summed E-state index contributed by atoms with van der Waals surface area (Å²) in [7, 11) is 0. The number of hydrogen-bond acceptors (Lipinski definition) is 18. The monoisotopic (exact) mass is 1150 g/mol. The molecule has 19 heteroatoms. The second-order valence-electron chi connectivity index (χ2n) is 22.5. The number of unbranched alkanes of at least 4 members (excludes halogenated alkanes) is 26. The van der Waals surface area contributed by atoms with Gasteiger partial charge in [0.05, 0.1) is 38.6 Å².